The lowest BCUT2D eigenvalue weighted by atomic mass is 9.90. The predicted octanol–water partition coefficient (Wildman–Crippen LogP) is 5.11. The first-order chi connectivity index (χ1) is 15.1. The van der Waals surface area contributed by atoms with Crippen molar-refractivity contribution in [2.45, 2.75) is 45.7 Å². The topological polar surface area (TPSA) is 32.5 Å². The number of hydrogen-bond donors (Lipinski definition) is 0. The average Bonchev–Trinajstić information content (AvgIpc) is 3.19. The Kier molecular flexibility index (Phi) is 7.06. The summed E-state index contributed by atoms with van der Waals surface area (Å²) >= 11 is 0. The fraction of sp³-hybridized carbons (Fsp3) is 0.444. The molecule has 4 heteroatoms. The number of piperidine rings is 1. The van der Waals surface area contributed by atoms with E-state index in [0.717, 1.165) is 53.2 Å². The molecule has 0 bridgehead atoms. The Morgan fingerprint density at radius 3 is 2.58 bits per heavy atom. The van der Waals surface area contributed by atoms with E-state index in [9.17, 15) is 0 Å². The van der Waals surface area contributed by atoms with Gasteiger partial charge in [0, 0.05) is 29.6 Å². The molecule has 0 atom stereocenters. The van der Waals surface area contributed by atoms with Gasteiger partial charge in [0.15, 0.2) is 5.58 Å². The van der Waals surface area contributed by atoms with Crippen LogP contribution in [0.4, 0.5) is 0 Å². The quantitative estimate of drug-likeness (QED) is 0.502. The van der Waals surface area contributed by atoms with Crippen LogP contribution in [0.1, 0.15) is 48.6 Å². The second-order valence-electron chi connectivity index (χ2n) is 8.95. The summed E-state index contributed by atoms with van der Waals surface area (Å²) in [4.78, 5) is 4.74. The second-order valence-corrected chi connectivity index (χ2v) is 8.95. The summed E-state index contributed by atoms with van der Waals surface area (Å²) in [6.45, 7) is 6.12. The predicted molar refractivity (Wildman–Crippen MR) is 127 cm³/mol. The molecule has 31 heavy (non-hydrogen) atoms. The summed E-state index contributed by atoms with van der Waals surface area (Å²) in [5.74, 6) is 7.01. The molecule has 2 aromatic carbocycles. The Morgan fingerprint density at radius 1 is 1.10 bits per heavy atom. The summed E-state index contributed by atoms with van der Waals surface area (Å²) in [6.07, 6.45) is 4.70. The van der Waals surface area contributed by atoms with E-state index in [1.807, 2.05) is 6.92 Å². The van der Waals surface area contributed by atoms with E-state index in [4.69, 9.17) is 4.52 Å². The number of nitrogens with zero attached hydrogens (tertiary/aromatic N) is 3. The van der Waals surface area contributed by atoms with Crippen molar-refractivity contribution in [1.29, 1.82) is 0 Å². The summed E-state index contributed by atoms with van der Waals surface area (Å²) in [5.41, 5.74) is 5.59. The van der Waals surface area contributed by atoms with Crippen LogP contribution in [0, 0.1) is 17.8 Å². The maximum absolute atomic E-state index is 5.84. The van der Waals surface area contributed by atoms with E-state index in [0.29, 0.717) is 0 Å². The van der Waals surface area contributed by atoms with Gasteiger partial charge in [-0.25, -0.2) is 0 Å². The largest absolute Gasteiger partial charge is 0.356 e. The van der Waals surface area contributed by atoms with Crippen molar-refractivity contribution in [3.63, 3.8) is 0 Å². The van der Waals surface area contributed by atoms with Crippen LogP contribution < -0.4 is 0 Å². The molecular weight excluding hydrogens is 382 g/mol. The molecule has 0 radical (unpaired) electrons. The molecule has 1 fully saturated rings. The summed E-state index contributed by atoms with van der Waals surface area (Å²) in [7, 11) is 4.15. The lowest BCUT2D eigenvalue weighted by molar-refractivity contribution is 0.172. The number of aryl methyl sites for hydroxylation is 1. The van der Waals surface area contributed by atoms with E-state index in [2.05, 4.69) is 83.4 Å². The highest BCUT2D eigenvalue weighted by atomic mass is 16.5. The van der Waals surface area contributed by atoms with E-state index in [-0.39, 0.29) is 0 Å². The molecule has 4 rings (SSSR count). The molecule has 0 N–H and O–H groups in total. The summed E-state index contributed by atoms with van der Waals surface area (Å²) in [5, 5.41) is 5.62. The van der Waals surface area contributed by atoms with Gasteiger partial charge in [-0.05, 0) is 83.4 Å². The first kappa shape index (κ1) is 21.6. The molecule has 2 heterocycles. The van der Waals surface area contributed by atoms with Gasteiger partial charge in [0.1, 0.15) is 0 Å². The molecule has 1 saturated heterocycles. The van der Waals surface area contributed by atoms with Crippen LogP contribution >= 0.6 is 0 Å². The van der Waals surface area contributed by atoms with Crippen LogP contribution in [0.3, 0.4) is 0 Å². The Balaban J connectivity index is 1.38. The van der Waals surface area contributed by atoms with Crippen LogP contribution in [0.15, 0.2) is 47.0 Å². The Bertz CT molecular complexity index is 1050. The van der Waals surface area contributed by atoms with Crippen LogP contribution in [0.25, 0.3) is 11.0 Å². The molecule has 0 amide bonds. The van der Waals surface area contributed by atoms with Crippen molar-refractivity contribution < 1.29 is 4.52 Å². The Hall–Kier alpha value is -2.61. The van der Waals surface area contributed by atoms with Crippen LogP contribution in [-0.2, 0) is 19.5 Å². The number of benzene rings is 2. The Morgan fingerprint density at radius 2 is 1.87 bits per heavy atom. The number of hydrogen-bond acceptors (Lipinski definition) is 4. The maximum Gasteiger partial charge on any atom is 0.172 e. The molecule has 1 aliphatic rings. The van der Waals surface area contributed by atoms with E-state index in [1.54, 1.807) is 0 Å². The van der Waals surface area contributed by atoms with Crippen molar-refractivity contribution in [3.8, 4) is 11.8 Å². The van der Waals surface area contributed by atoms with Gasteiger partial charge in [0.25, 0.3) is 0 Å². The fourth-order valence-electron chi connectivity index (χ4n) is 4.63. The van der Waals surface area contributed by atoms with Gasteiger partial charge in [0.2, 0.25) is 0 Å². The number of likely N-dealkylation sites (tertiary alicyclic amines) is 1. The van der Waals surface area contributed by atoms with Gasteiger partial charge in [-0.15, -0.1) is 5.92 Å². The van der Waals surface area contributed by atoms with E-state index < -0.39 is 0 Å². The standard InChI is InChI=1S/C27H33N3O/c1-4-8-23-12-13-24-26(28-31-27(24)25(23)20-29(2)3)14-11-21-15-17-30(18-16-21)19-22-9-6-5-7-10-22/h5-7,9-10,12-13,21H,11,14-20H2,1-3H3. The zero-order chi connectivity index (χ0) is 21.6. The van der Waals surface area contributed by atoms with E-state index in [1.165, 1.54) is 37.9 Å². The molecule has 0 aliphatic carbocycles. The highest BCUT2D eigenvalue weighted by Crippen LogP contribution is 2.29. The van der Waals surface area contributed by atoms with Crippen LogP contribution in [0.2, 0.25) is 0 Å². The number of fused-ring (bicyclic) bond motifs is 1. The highest BCUT2D eigenvalue weighted by molar-refractivity contribution is 5.84. The number of aromatic nitrogens is 1. The molecule has 162 valence electrons. The summed E-state index contributed by atoms with van der Waals surface area (Å²) in [6, 6.07) is 15.1. The SMILES string of the molecule is CC#Cc1ccc2c(CCC3CCN(Cc4ccccc4)CC3)noc2c1CN(C)C. The van der Waals surface area contributed by atoms with Crippen molar-refractivity contribution in [3.05, 3.63) is 64.8 Å². The first-order valence-electron chi connectivity index (χ1n) is 11.4. The van der Waals surface area contributed by atoms with Crippen molar-refractivity contribution in [2.24, 2.45) is 5.92 Å². The Labute approximate surface area is 186 Å². The zero-order valence-electron chi connectivity index (χ0n) is 19.0. The van der Waals surface area contributed by atoms with Gasteiger partial charge >= 0.3 is 0 Å². The van der Waals surface area contributed by atoms with Crippen molar-refractivity contribution in [1.82, 2.24) is 15.0 Å². The third-order valence-electron chi connectivity index (χ3n) is 6.30. The minimum Gasteiger partial charge on any atom is -0.356 e. The second kappa shape index (κ2) is 10.1. The van der Waals surface area contributed by atoms with Crippen molar-refractivity contribution >= 4 is 11.0 Å². The minimum absolute atomic E-state index is 0.769. The molecule has 0 spiro atoms. The molecule has 1 aromatic heterocycles. The molecule has 1 aliphatic heterocycles. The summed E-state index contributed by atoms with van der Waals surface area (Å²) < 4.78 is 5.84. The fourth-order valence-corrected chi connectivity index (χ4v) is 4.63. The monoisotopic (exact) mass is 415 g/mol. The lowest BCUT2D eigenvalue weighted by Gasteiger charge is -2.31. The first-order valence-corrected chi connectivity index (χ1v) is 11.4. The maximum atomic E-state index is 5.84. The van der Waals surface area contributed by atoms with Gasteiger partial charge in [-0.2, -0.15) is 0 Å². The average molecular weight is 416 g/mol. The van der Waals surface area contributed by atoms with Crippen molar-refractivity contribution in [2.75, 3.05) is 27.2 Å². The number of rotatable bonds is 7. The van der Waals surface area contributed by atoms with Gasteiger partial charge in [-0.3, -0.25) is 4.90 Å². The van der Waals surface area contributed by atoms with Gasteiger partial charge in [-0.1, -0.05) is 41.4 Å². The lowest BCUT2D eigenvalue weighted by Crippen LogP contribution is -2.33. The molecule has 3 aromatic rings. The highest BCUT2D eigenvalue weighted by Gasteiger charge is 2.21. The zero-order valence-corrected chi connectivity index (χ0v) is 19.0. The smallest absolute Gasteiger partial charge is 0.172 e. The molecular formula is C27H33N3O. The van der Waals surface area contributed by atoms with Crippen LogP contribution in [-0.4, -0.2) is 42.1 Å². The van der Waals surface area contributed by atoms with Gasteiger partial charge in [0.05, 0.1) is 5.69 Å². The van der Waals surface area contributed by atoms with E-state index >= 15 is 0 Å². The third-order valence-corrected chi connectivity index (χ3v) is 6.30. The molecule has 0 unspecified atom stereocenters. The molecule has 4 nitrogen and oxygen atoms in total. The normalized spacial score (nSPS) is 15.4. The minimum atomic E-state index is 0.769. The molecule has 0 saturated carbocycles. The van der Waals surface area contributed by atoms with Gasteiger partial charge < -0.3 is 9.42 Å². The third kappa shape index (κ3) is 5.36. The van der Waals surface area contributed by atoms with Crippen LogP contribution in [0.5, 0.6) is 0 Å².